The summed E-state index contributed by atoms with van der Waals surface area (Å²) in [5.41, 5.74) is 0.746. The first kappa shape index (κ1) is 19.5. The van der Waals surface area contributed by atoms with Crippen molar-refractivity contribution in [1.82, 2.24) is 4.57 Å². The molecule has 3 rings (SSSR count). The average molecular weight is 485 g/mol. The van der Waals surface area contributed by atoms with Gasteiger partial charge in [0.15, 0.2) is 0 Å². The lowest BCUT2D eigenvalue weighted by Crippen LogP contribution is -2.23. The van der Waals surface area contributed by atoms with Crippen molar-refractivity contribution in [3.8, 4) is 5.75 Å². The fourth-order valence-corrected chi connectivity index (χ4v) is 3.20. The monoisotopic (exact) mass is 485 g/mol. The van der Waals surface area contributed by atoms with Crippen molar-refractivity contribution in [3.63, 3.8) is 0 Å². The second-order valence-electron chi connectivity index (χ2n) is 5.90. The van der Waals surface area contributed by atoms with Crippen molar-refractivity contribution < 1.29 is 17.9 Å². The molecule has 1 heterocycles. The summed E-state index contributed by atoms with van der Waals surface area (Å²) < 4.78 is 47.2. The Morgan fingerprint density at radius 1 is 1.00 bits per heavy atom. The van der Waals surface area contributed by atoms with E-state index in [4.69, 9.17) is 4.74 Å². The van der Waals surface area contributed by atoms with E-state index in [0.717, 1.165) is 17.7 Å². The molecule has 0 aliphatic heterocycles. The van der Waals surface area contributed by atoms with E-state index < -0.39 is 11.6 Å². The van der Waals surface area contributed by atoms with Gasteiger partial charge in [-0.1, -0.05) is 12.1 Å². The summed E-state index contributed by atoms with van der Waals surface area (Å²) in [6.45, 7) is 0.278. The van der Waals surface area contributed by atoms with Gasteiger partial charge in [-0.15, -0.1) is 0 Å². The highest BCUT2D eigenvalue weighted by molar-refractivity contribution is 14.1. The third kappa shape index (κ3) is 4.91. The molecule has 0 saturated carbocycles. The molecule has 0 atom stereocenters. The van der Waals surface area contributed by atoms with Gasteiger partial charge in [-0.05, 0) is 64.9 Å². The maximum Gasteiger partial charge on any atom is 0.267 e. The molecule has 3 aromatic rings. The Morgan fingerprint density at radius 2 is 1.78 bits per heavy atom. The summed E-state index contributed by atoms with van der Waals surface area (Å²) in [4.78, 5) is 12.5. The van der Waals surface area contributed by atoms with Crippen LogP contribution in [0.1, 0.15) is 11.1 Å². The van der Waals surface area contributed by atoms with Gasteiger partial charge in [0.25, 0.3) is 5.56 Å². The van der Waals surface area contributed by atoms with Gasteiger partial charge < -0.3 is 9.30 Å². The molecule has 0 aliphatic rings. The standard InChI is InChI=1S/C20H15F3INO2/c21-15-3-1-2-13(10-15)6-8-25-9-7-18(19(24)20(25)26)27-12-14-4-5-16(22)11-17(14)23/h1-5,7,9-11H,6,8,12H2. The number of aromatic nitrogens is 1. The van der Waals surface area contributed by atoms with Crippen LogP contribution in [-0.2, 0) is 19.6 Å². The minimum atomic E-state index is -0.701. The Labute approximate surface area is 167 Å². The number of hydrogen-bond acceptors (Lipinski definition) is 2. The number of rotatable bonds is 6. The molecule has 0 bridgehead atoms. The first-order chi connectivity index (χ1) is 12.9. The molecule has 27 heavy (non-hydrogen) atoms. The summed E-state index contributed by atoms with van der Waals surface area (Å²) in [7, 11) is 0. The Morgan fingerprint density at radius 3 is 2.52 bits per heavy atom. The van der Waals surface area contributed by atoms with Crippen molar-refractivity contribution in [2.45, 2.75) is 19.6 Å². The maximum atomic E-state index is 13.7. The molecule has 140 valence electrons. The highest BCUT2D eigenvalue weighted by Gasteiger charge is 2.11. The van der Waals surface area contributed by atoms with Crippen molar-refractivity contribution in [3.05, 3.63) is 97.2 Å². The minimum absolute atomic E-state index is 0.116. The zero-order chi connectivity index (χ0) is 19.4. The molecule has 3 nitrogen and oxygen atoms in total. The summed E-state index contributed by atoms with van der Waals surface area (Å²) in [6.07, 6.45) is 2.09. The lowest BCUT2D eigenvalue weighted by atomic mass is 10.1. The molecular formula is C20H15F3INO2. The van der Waals surface area contributed by atoms with Crippen molar-refractivity contribution in [1.29, 1.82) is 0 Å². The van der Waals surface area contributed by atoms with E-state index in [1.165, 1.54) is 22.8 Å². The third-order valence-corrected chi connectivity index (χ3v) is 4.99. The van der Waals surface area contributed by atoms with Gasteiger partial charge in [0.2, 0.25) is 0 Å². The summed E-state index contributed by atoms with van der Waals surface area (Å²) >= 11 is 1.87. The molecule has 0 amide bonds. The fraction of sp³-hybridized carbons (Fsp3) is 0.150. The van der Waals surface area contributed by atoms with Gasteiger partial charge >= 0.3 is 0 Å². The molecule has 7 heteroatoms. The normalized spacial score (nSPS) is 10.8. The van der Waals surface area contributed by atoms with Crippen LogP contribution in [0.15, 0.2) is 59.5 Å². The smallest absolute Gasteiger partial charge is 0.267 e. The highest BCUT2D eigenvalue weighted by atomic mass is 127. The molecule has 0 saturated heterocycles. The van der Waals surface area contributed by atoms with Gasteiger partial charge in [-0.3, -0.25) is 4.79 Å². The molecule has 0 unspecified atom stereocenters. The van der Waals surface area contributed by atoms with Crippen LogP contribution < -0.4 is 10.3 Å². The molecule has 0 fully saturated rings. The number of benzene rings is 2. The zero-order valence-electron chi connectivity index (χ0n) is 14.1. The van der Waals surface area contributed by atoms with E-state index in [-0.39, 0.29) is 23.5 Å². The van der Waals surface area contributed by atoms with Crippen LogP contribution in [0.5, 0.6) is 5.75 Å². The number of pyridine rings is 1. The zero-order valence-corrected chi connectivity index (χ0v) is 16.3. The Hall–Kier alpha value is -2.29. The summed E-state index contributed by atoms with van der Waals surface area (Å²) in [5.74, 6) is -1.35. The molecule has 0 aliphatic carbocycles. The quantitative estimate of drug-likeness (QED) is 0.475. The van der Waals surface area contributed by atoms with E-state index >= 15 is 0 Å². The van der Waals surface area contributed by atoms with Gasteiger partial charge in [0.1, 0.15) is 33.4 Å². The Balaban J connectivity index is 1.70. The van der Waals surface area contributed by atoms with E-state index in [1.54, 1.807) is 24.4 Å². The van der Waals surface area contributed by atoms with E-state index in [1.807, 2.05) is 22.6 Å². The Bertz CT molecular complexity index is 1020. The number of halogens is 4. The van der Waals surface area contributed by atoms with Crippen molar-refractivity contribution in [2.75, 3.05) is 0 Å². The number of ether oxygens (including phenoxy) is 1. The second-order valence-corrected chi connectivity index (χ2v) is 6.98. The summed E-state index contributed by atoms with van der Waals surface area (Å²) in [5, 5.41) is 0. The van der Waals surface area contributed by atoms with Crippen LogP contribution in [0.4, 0.5) is 13.2 Å². The van der Waals surface area contributed by atoms with Crippen LogP contribution in [0.3, 0.4) is 0 Å². The van der Waals surface area contributed by atoms with Crippen LogP contribution in [0.2, 0.25) is 0 Å². The predicted octanol–water partition coefficient (Wildman–Crippen LogP) is 4.69. The molecule has 0 spiro atoms. The second kappa shape index (κ2) is 8.60. The van der Waals surface area contributed by atoms with Gasteiger partial charge in [-0.2, -0.15) is 0 Å². The molecule has 2 aromatic carbocycles. The lowest BCUT2D eigenvalue weighted by Gasteiger charge is -2.12. The number of hydrogen-bond donors (Lipinski definition) is 0. The SMILES string of the molecule is O=c1c(I)c(OCc2ccc(F)cc2F)ccn1CCc1cccc(F)c1. The largest absolute Gasteiger partial charge is 0.487 e. The molecule has 1 aromatic heterocycles. The van der Waals surface area contributed by atoms with Gasteiger partial charge in [0, 0.05) is 24.4 Å². The third-order valence-electron chi connectivity index (χ3n) is 4.00. The topological polar surface area (TPSA) is 31.2 Å². The first-order valence-corrected chi connectivity index (χ1v) is 9.22. The molecule has 0 N–H and O–H groups in total. The molecular weight excluding hydrogens is 470 g/mol. The van der Waals surface area contributed by atoms with E-state index in [2.05, 4.69) is 0 Å². The van der Waals surface area contributed by atoms with Crippen LogP contribution in [-0.4, -0.2) is 4.57 Å². The highest BCUT2D eigenvalue weighted by Crippen LogP contribution is 2.19. The minimum Gasteiger partial charge on any atom is -0.487 e. The van der Waals surface area contributed by atoms with Crippen LogP contribution >= 0.6 is 22.6 Å². The van der Waals surface area contributed by atoms with Gasteiger partial charge in [0.05, 0.1) is 0 Å². The maximum absolute atomic E-state index is 13.7. The van der Waals surface area contributed by atoms with Crippen LogP contribution in [0.25, 0.3) is 0 Å². The molecule has 0 radical (unpaired) electrons. The van der Waals surface area contributed by atoms with E-state index in [9.17, 15) is 18.0 Å². The van der Waals surface area contributed by atoms with Crippen LogP contribution in [0, 0.1) is 21.0 Å². The number of aryl methyl sites for hydroxylation is 2. The van der Waals surface area contributed by atoms with Gasteiger partial charge in [-0.25, -0.2) is 13.2 Å². The van der Waals surface area contributed by atoms with Crippen molar-refractivity contribution in [2.24, 2.45) is 0 Å². The Kier molecular flexibility index (Phi) is 6.20. The predicted molar refractivity (Wildman–Crippen MR) is 104 cm³/mol. The first-order valence-electron chi connectivity index (χ1n) is 8.14. The average Bonchev–Trinajstić information content (AvgIpc) is 2.63. The number of nitrogens with zero attached hydrogens (tertiary/aromatic N) is 1. The van der Waals surface area contributed by atoms with Crippen molar-refractivity contribution >= 4 is 22.6 Å². The summed E-state index contributed by atoms with van der Waals surface area (Å²) in [6, 6.07) is 11.1. The van der Waals surface area contributed by atoms with E-state index in [0.29, 0.717) is 22.3 Å². The fourth-order valence-electron chi connectivity index (χ4n) is 2.55. The lowest BCUT2D eigenvalue weighted by molar-refractivity contribution is 0.295.